The van der Waals surface area contributed by atoms with Crippen LogP contribution in [-0.4, -0.2) is 34.9 Å². The highest BCUT2D eigenvalue weighted by atomic mass is 32.1. The first kappa shape index (κ1) is 16.5. The molecule has 6 heteroatoms. The summed E-state index contributed by atoms with van der Waals surface area (Å²) in [5.41, 5.74) is 1.23. The zero-order chi connectivity index (χ0) is 16.9. The Morgan fingerprint density at radius 3 is 2.96 bits per heavy atom. The van der Waals surface area contributed by atoms with Crippen molar-refractivity contribution in [3.63, 3.8) is 0 Å². The molecule has 24 heavy (non-hydrogen) atoms. The molecule has 1 aliphatic heterocycles. The van der Waals surface area contributed by atoms with Crippen molar-refractivity contribution in [2.75, 3.05) is 18.0 Å². The highest BCUT2D eigenvalue weighted by Crippen LogP contribution is 2.27. The lowest BCUT2D eigenvalue weighted by molar-refractivity contribution is -0.121. The molecule has 1 saturated heterocycles. The maximum Gasteiger partial charge on any atom is 0.252 e. The summed E-state index contributed by atoms with van der Waals surface area (Å²) < 4.78 is 0. The van der Waals surface area contributed by atoms with Crippen LogP contribution in [0.2, 0.25) is 0 Å². The number of anilines is 1. The molecule has 0 bridgehead atoms. The van der Waals surface area contributed by atoms with E-state index in [1.807, 2.05) is 31.3 Å². The third kappa shape index (κ3) is 3.41. The van der Waals surface area contributed by atoms with Gasteiger partial charge in [0, 0.05) is 30.6 Å². The number of carbonyl (C=O) groups is 1. The molecule has 1 aromatic carbocycles. The molecule has 124 valence electrons. The summed E-state index contributed by atoms with van der Waals surface area (Å²) in [6.07, 6.45) is 6.43. The minimum absolute atomic E-state index is 0.0165. The highest BCUT2D eigenvalue weighted by Gasteiger charge is 2.34. The van der Waals surface area contributed by atoms with E-state index < -0.39 is 0 Å². The SMILES string of the molecule is CCN(C(=O)[C@@H]1CCCN1C#N)c1ncc(Cc2ccccc2)s1. The average Bonchev–Trinajstić information content (AvgIpc) is 3.25. The second-order valence-corrected chi connectivity index (χ2v) is 6.90. The van der Waals surface area contributed by atoms with Gasteiger partial charge in [0.15, 0.2) is 11.3 Å². The van der Waals surface area contributed by atoms with Crippen molar-refractivity contribution in [2.45, 2.75) is 32.2 Å². The van der Waals surface area contributed by atoms with Crippen LogP contribution in [0, 0.1) is 11.5 Å². The van der Waals surface area contributed by atoms with Crippen molar-refractivity contribution in [1.82, 2.24) is 9.88 Å². The second kappa shape index (κ2) is 7.45. The number of thiazole rings is 1. The topological polar surface area (TPSA) is 60.2 Å². The van der Waals surface area contributed by atoms with E-state index in [-0.39, 0.29) is 11.9 Å². The van der Waals surface area contributed by atoms with Gasteiger partial charge in [-0.25, -0.2) is 4.98 Å². The van der Waals surface area contributed by atoms with E-state index in [9.17, 15) is 10.1 Å². The Labute approximate surface area is 146 Å². The molecular formula is C18H20N4OS. The van der Waals surface area contributed by atoms with E-state index in [2.05, 4.69) is 23.3 Å². The Balaban J connectivity index is 1.74. The molecule has 0 aliphatic carbocycles. The molecule has 0 saturated carbocycles. The van der Waals surface area contributed by atoms with Gasteiger partial charge in [-0.05, 0) is 25.3 Å². The first-order valence-electron chi connectivity index (χ1n) is 8.19. The predicted molar refractivity (Wildman–Crippen MR) is 94.7 cm³/mol. The molecule has 0 N–H and O–H groups in total. The Bertz CT molecular complexity index is 737. The molecule has 2 heterocycles. The molecule has 3 rings (SSSR count). The molecule has 2 aromatic rings. The number of nitriles is 1. The average molecular weight is 340 g/mol. The number of rotatable bonds is 5. The minimum atomic E-state index is -0.337. The number of hydrogen-bond donors (Lipinski definition) is 0. The van der Waals surface area contributed by atoms with Gasteiger partial charge in [-0.2, -0.15) is 5.26 Å². The van der Waals surface area contributed by atoms with E-state index in [0.717, 1.165) is 29.3 Å². The van der Waals surface area contributed by atoms with Gasteiger partial charge in [-0.15, -0.1) is 11.3 Å². The number of hydrogen-bond acceptors (Lipinski definition) is 5. The van der Waals surface area contributed by atoms with Gasteiger partial charge in [0.2, 0.25) is 0 Å². The summed E-state index contributed by atoms with van der Waals surface area (Å²) in [5.74, 6) is -0.0165. The third-order valence-electron chi connectivity index (χ3n) is 4.24. The third-order valence-corrected chi connectivity index (χ3v) is 5.26. The lowest BCUT2D eigenvalue weighted by Crippen LogP contribution is -2.44. The van der Waals surface area contributed by atoms with E-state index in [1.54, 1.807) is 21.1 Å². The fraction of sp³-hybridized carbons (Fsp3) is 0.389. The molecule has 1 fully saturated rings. The first-order chi connectivity index (χ1) is 11.7. The minimum Gasteiger partial charge on any atom is -0.298 e. The van der Waals surface area contributed by atoms with E-state index >= 15 is 0 Å². The Hall–Kier alpha value is -2.39. The van der Waals surface area contributed by atoms with Crippen LogP contribution in [0.4, 0.5) is 5.13 Å². The van der Waals surface area contributed by atoms with E-state index in [0.29, 0.717) is 13.1 Å². The fourth-order valence-electron chi connectivity index (χ4n) is 3.01. The Morgan fingerprint density at radius 1 is 1.46 bits per heavy atom. The van der Waals surface area contributed by atoms with Gasteiger partial charge in [0.1, 0.15) is 6.04 Å². The van der Waals surface area contributed by atoms with Crippen LogP contribution in [0.3, 0.4) is 0 Å². The number of likely N-dealkylation sites (N-methyl/N-ethyl adjacent to an activating group) is 1. The molecule has 5 nitrogen and oxygen atoms in total. The number of likely N-dealkylation sites (tertiary alicyclic amines) is 1. The molecule has 0 spiro atoms. The van der Waals surface area contributed by atoms with Gasteiger partial charge >= 0.3 is 0 Å². The maximum absolute atomic E-state index is 12.8. The van der Waals surface area contributed by atoms with Crippen molar-refractivity contribution >= 4 is 22.4 Å². The summed E-state index contributed by atoms with van der Waals surface area (Å²) in [4.78, 5) is 21.7. The lowest BCUT2D eigenvalue weighted by Gasteiger charge is -2.24. The lowest BCUT2D eigenvalue weighted by atomic mass is 10.1. The van der Waals surface area contributed by atoms with Crippen LogP contribution < -0.4 is 4.90 Å². The number of nitrogens with zero attached hydrogens (tertiary/aromatic N) is 4. The summed E-state index contributed by atoms with van der Waals surface area (Å²) in [6.45, 7) is 3.18. The number of aromatic nitrogens is 1. The summed E-state index contributed by atoms with van der Waals surface area (Å²) in [6, 6.07) is 9.89. The van der Waals surface area contributed by atoms with Crippen LogP contribution in [0.25, 0.3) is 0 Å². The van der Waals surface area contributed by atoms with Crippen molar-refractivity contribution < 1.29 is 4.79 Å². The Kier molecular flexibility index (Phi) is 5.11. The van der Waals surface area contributed by atoms with Gasteiger partial charge in [-0.1, -0.05) is 30.3 Å². The smallest absolute Gasteiger partial charge is 0.252 e. The van der Waals surface area contributed by atoms with Crippen LogP contribution in [0.5, 0.6) is 0 Å². The fourth-order valence-corrected chi connectivity index (χ4v) is 4.02. The molecule has 1 aliphatic rings. The van der Waals surface area contributed by atoms with Crippen molar-refractivity contribution in [3.8, 4) is 6.19 Å². The van der Waals surface area contributed by atoms with Crippen LogP contribution in [-0.2, 0) is 11.2 Å². The molecule has 0 radical (unpaired) electrons. The number of amides is 1. The normalized spacial score (nSPS) is 16.8. The van der Waals surface area contributed by atoms with Crippen molar-refractivity contribution in [2.24, 2.45) is 0 Å². The van der Waals surface area contributed by atoms with E-state index in [4.69, 9.17) is 0 Å². The first-order valence-corrected chi connectivity index (χ1v) is 9.01. The monoisotopic (exact) mass is 340 g/mol. The van der Waals surface area contributed by atoms with Crippen LogP contribution in [0.15, 0.2) is 36.5 Å². The number of carbonyl (C=O) groups excluding carboxylic acids is 1. The van der Waals surface area contributed by atoms with Crippen molar-refractivity contribution in [1.29, 1.82) is 5.26 Å². The zero-order valence-electron chi connectivity index (χ0n) is 13.7. The van der Waals surface area contributed by atoms with Crippen molar-refractivity contribution in [3.05, 3.63) is 47.0 Å². The summed E-state index contributed by atoms with van der Waals surface area (Å²) >= 11 is 1.55. The molecule has 0 unspecified atom stereocenters. The van der Waals surface area contributed by atoms with Gasteiger partial charge in [0.05, 0.1) is 0 Å². The highest BCUT2D eigenvalue weighted by molar-refractivity contribution is 7.15. The largest absolute Gasteiger partial charge is 0.298 e. The zero-order valence-corrected chi connectivity index (χ0v) is 14.5. The quantitative estimate of drug-likeness (QED) is 0.785. The van der Waals surface area contributed by atoms with Gasteiger partial charge in [0.25, 0.3) is 5.91 Å². The second-order valence-electron chi connectivity index (χ2n) is 5.81. The Morgan fingerprint density at radius 2 is 2.25 bits per heavy atom. The van der Waals surface area contributed by atoms with E-state index in [1.165, 1.54) is 5.56 Å². The molecule has 1 aromatic heterocycles. The van der Waals surface area contributed by atoms with Gasteiger partial charge in [-0.3, -0.25) is 14.6 Å². The van der Waals surface area contributed by atoms with Crippen LogP contribution >= 0.6 is 11.3 Å². The summed E-state index contributed by atoms with van der Waals surface area (Å²) in [5, 5.41) is 9.89. The predicted octanol–water partition coefficient (Wildman–Crippen LogP) is 3.03. The molecule has 1 amide bonds. The summed E-state index contributed by atoms with van der Waals surface area (Å²) in [7, 11) is 0. The maximum atomic E-state index is 12.8. The van der Waals surface area contributed by atoms with Gasteiger partial charge < -0.3 is 0 Å². The standard InChI is InChI=1S/C18H20N4OS/c1-2-22(17(23)16-9-6-10-21(16)13-19)18-20-12-15(24-18)11-14-7-4-3-5-8-14/h3-5,7-8,12,16H,2,6,9-11H2,1H3/t16-/m0/s1. The van der Waals surface area contributed by atoms with Crippen LogP contribution in [0.1, 0.15) is 30.2 Å². The molecular weight excluding hydrogens is 320 g/mol. The molecule has 1 atom stereocenters. The number of benzene rings is 1.